The van der Waals surface area contributed by atoms with Gasteiger partial charge in [0.15, 0.2) is 0 Å². The van der Waals surface area contributed by atoms with Crippen LogP contribution in [-0.4, -0.2) is 54.5 Å². The van der Waals surface area contributed by atoms with Gasteiger partial charge >= 0.3 is 0 Å². The van der Waals surface area contributed by atoms with Crippen LogP contribution >= 0.6 is 0 Å². The van der Waals surface area contributed by atoms with E-state index in [0.29, 0.717) is 13.0 Å². The van der Waals surface area contributed by atoms with Crippen molar-refractivity contribution in [1.82, 2.24) is 4.90 Å². The zero-order valence-corrected chi connectivity index (χ0v) is 11.9. The van der Waals surface area contributed by atoms with E-state index < -0.39 is 6.10 Å². The zero-order valence-electron chi connectivity index (χ0n) is 11.9. The summed E-state index contributed by atoms with van der Waals surface area (Å²) in [7, 11) is 3.44. The summed E-state index contributed by atoms with van der Waals surface area (Å²) in [4.78, 5) is 1.97. The number of aliphatic hydroxyl groups excluding tert-OH is 1. The molecule has 2 atom stereocenters. The maximum absolute atomic E-state index is 9.83. The first-order valence-corrected chi connectivity index (χ1v) is 6.47. The second kappa shape index (κ2) is 8.52. The Kier molecular flexibility index (Phi) is 7.00. The normalized spacial score (nSPS) is 15.3. The number of oxime groups is 1. The van der Waals surface area contributed by atoms with Crippen molar-refractivity contribution in [3.8, 4) is 0 Å². The Morgan fingerprint density at radius 3 is 2.60 bits per heavy atom. The number of likely N-dealkylation sites (N-methyl/N-ethyl adjacent to an activating group) is 1. The molecule has 0 spiro atoms. The van der Waals surface area contributed by atoms with Crippen molar-refractivity contribution >= 4 is 5.84 Å². The van der Waals surface area contributed by atoms with Gasteiger partial charge in [-0.1, -0.05) is 35.5 Å². The molecule has 1 rings (SSSR count). The van der Waals surface area contributed by atoms with Gasteiger partial charge in [0.2, 0.25) is 0 Å². The van der Waals surface area contributed by atoms with Crippen molar-refractivity contribution in [2.45, 2.75) is 18.6 Å². The first-order chi connectivity index (χ1) is 9.58. The summed E-state index contributed by atoms with van der Waals surface area (Å²) in [5.74, 6) is 0.159. The highest BCUT2D eigenvalue weighted by Gasteiger charge is 2.20. The molecule has 1 aromatic rings. The van der Waals surface area contributed by atoms with E-state index in [1.165, 1.54) is 0 Å². The average molecular weight is 281 g/mol. The van der Waals surface area contributed by atoms with Crippen LogP contribution in [0.15, 0.2) is 35.5 Å². The fraction of sp³-hybridized carbons (Fsp3) is 0.500. The monoisotopic (exact) mass is 281 g/mol. The molecule has 0 aromatic heterocycles. The SMILES string of the molecule is COCC(O)CN(C)C(CC(N)=NO)c1ccccc1. The van der Waals surface area contributed by atoms with Gasteiger partial charge in [-0.25, -0.2) is 0 Å². The van der Waals surface area contributed by atoms with E-state index in [-0.39, 0.29) is 18.5 Å². The molecule has 0 bridgehead atoms. The Morgan fingerprint density at radius 2 is 2.05 bits per heavy atom. The van der Waals surface area contributed by atoms with Gasteiger partial charge in [-0.2, -0.15) is 0 Å². The van der Waals surface area contributed by atoms with E-state index in [9.17, 15) is 5.11 Å². The highest BCUT2D eigenvalue weighted by Crippen LogP contribution is 2.23. The minimum absolute atomic E-state index is 0.0707. The minimum Gasteiger partial charge on any atom is -0.409 e. The van der Waals surface area contributed by atoms with Gasteiger partial charge < -0.3 is 20.8 Å². The first kappa shape index (κ1) is 16.4. The number of methoxy groups -OCH3 is 1. The molecule has 6 nitrogen and oxygen atoms in total. The average Bonchev–Trinajstić information content (AvgIpc) is 2.45. The fourth-order valence-electron chi connectivity index (χ4n) is 2.15. The fourth-order valence-corrected chi connectivity index (χ4v) is 2.15. The third kappa shape index (κ3) is 5.16. The minimum atomic E-state index is -0.580. The second-order valence-corrected chi connectivity index (χ2v) is 4.77. The van der Waals surface area contributed by atoms with Gasteiger partial charge in [-0.05, 0) is 12.6 Å². The third-order valence-electron chi connectivity index (χ3n) is 3.11. The molecule has 0 saturated heterocycles. The van der Waals surface area contributed by atoms with E-state index in [4.69, 9.17) is 15.7 Å². The molecule has 6 heteroatoms. The number of rotatable bonds is 8. The Morgan fingerprint density at radius 1 is 1.40 bits per heavy atom. The maximum Gasteiger partial charge on any atom is 0.141 e. The summed E-state index contributed by atoms with van der Waals surface area (Å²) in [6.07, 6.45) is -0.194. The Balaban J connectivity index is 2.82. The van der Waals surface area contributed by atoms with Gasteiger partial charge in [-0.3, -0.25) is 4.90 Å². The van der Waals surface area contributed by atoms with Crippen molar-refractivity contribution in [1.29, 1.82) is 0 Å². The van der Waals surface area contributed by atoms with Gasteiger partial charge in [0, 0.05) is 26.1 Å². The van der Waals surface area contributed by atoms with Crippen LogP contribution in [0, 0.1) is 0 Å². The topological polar surface area (TPSA) is 91.3 Å². The maximum atomic E-state index is 9.83. The largest absolute Gasteiger partial charge is 0.409 e. The van der Waals surface area contributed by atoms with Crippen LogP contribution in [0.4, 0.5) is 0 Å². The molecule has 0 saturated carbocycles. The highest BCUT2D eigenvalue weighted by molar-refractivity contribution is 5.80. The van der Waals surface area contributed by atoms with E-state index >= 15 is 0 Å². The molecule has 0 aliphatic rings. The molecule has 1 aromatic carbocycles. The number of hydrogen-bond donors (Lipinski definition) is 3. The Hall–Kier alpha value is -1.63. The number of ether oxygens (including phenoxy) is 1. The summed E-state index contributed by atoms with van der Waals surface area (Å²) in [6.45, 7) is 0.710. The lowest BCUT2D eigenvalue weighted by molar-refractivity contribution is 0.0345. The number of amidine groups is 1. The summed E-state index contributed by atoms with van der Waals surface area (Å²) in [6, 6.07) is 9.70. The lowest BCUT2D eigenvalue weighted by atomic mass is 10.0. The summed E-state index contributed by atoms with van der Waals surface area (Å²) < 4.78 is 4.93. The number of nitrogens with zero attached hydrogens (tertiary/aromatic N) is 2. The van der Waals surface area contributed by atoms with Crippen molar-refractivity contribution in [3.05, 3.63) is 35.9 Å². The van der Waals surface area contributed by atoms with Crippen molar-refractivity contribution < 1.29 is 15.1 Å². The zero-order chi connectivity index (χ0) is 15.0. The van der Waals surface area contributed by atoms with E-state index in [2.05, 4.69) is 5.16 Å². The molecule has 4 N–H and O–H groups in total. The van der Waals surface area contributed by atoms with Gasteiger partial charge in [-0.15, -0.1) is 0 Å². The lowest BCUT2D eigenvalue weighted by Gasteiger charge is -2.29. The first-order valence-electron chi connectivity index (χ1n) is 6.47. The molecular weight excluding hydrogens is 258 g/mol. The summed E-state index contributed by atoms with van der Waals surface area (Å²) >= 11 is 0. The summed E-state index contributed by atoms with van der Waals surface area (Å²) in [5.41, 5.74) is 6.67. The van der Waals surface area contributed by atoms with Crippen molar-refractivity contribution in [2.24, 2.45) is 10.9 Å². The molecule has 20 heavy (non-hydrogen) atoms. The van der Waals surface area contributed by atoms with E-state index in [0.717, 1.165) is 5.56 Å². The predicted octanol–water partition coefficient (Wildman–Crippen LogP) is 0.803. The van der Waals surface area contributed by atoms with Gasteiger partial charge in [0.1, 0.15) is 5.84 Å². The Bertz CT molecular complexity index is 411. The smallest absolute Gasteiger partial charge is 0.141 e. The van der Waals surface area contributed by atoms with E-state index in [1.807, 2.05) is 42.3 Å². The highest BCUT2D eigenvalue weighted by atomic mass is 16.5. The van der Waals surface area contributed by atoms with Gasteiger partial charge in [0.05, 0.1) is 12.7 Å². The van der Waals surface area contributed by atoms with Crippen LogP contribution < -0.4 is 5.73 Å². The quantitative estimate of drug-likeness (QED) is 0.284. The third-order valence-corrected chi connectivity index (χ3v) is 3.11. The number of benzene rings is 1. The molecule has 0 fully saturated rings. The van der Waals surface area contributed by atoms with Crippen LogP contribution in [0.1, 0.15) is 18.0 Å². The van der Waals surface area contributed by atoms with Crippen LogP contribution in [0.2, 0.25) is 0 Å². The number of hydrogen-bond acceptors (Lipinski definition) is 5. The molecule has 0 aliphatic heterocycles. The number of aliphatic hydroxyl groups is 1. The van der Waals surface area contributed by atoms with Crippen LogP contribution in [0.3, 0.4) is 0 Å². The Labute approximate surface area is 119 Å². The molecule has 2 unspecified atom stereocenters. The van der Waals surface area contributed by atoms with Crippen LogP contribution in [0.25, 0.3) is 0 Å². The van der Waals surface area contributed by atoms with Crippen LogP contribution in [0.5, 0.6) is 0 Å². The predicted molar refractivity (Wildman–Crippen MR) is 77.7 cm³/mol. The van der Waals surface area contributed by atoms with Gasteiger partial charge in [0.25, 0.3) is 0 Å². The standard InChI is InChI=1S/C14H23N3O3/c1-17(9-12(18)10-20-2)13(8-14(15)16-19)11-6-4-3-5-7-11/h3-7,12-13,18-19H,8-10H2,1-2H3,(H2,15,16). The lowest BCUT2D eigenvalue weighted by Crippen LogP contribution is -2.36. The van der Waals surface area contributed by atoms with Crippen molar-refractivity contribution in [3.63, 3.8) is 0 Å². The molecule has 0 amide bonds. The van der Waals surface area contributed by atoms with Crippen molar-refractivity contribution in [2.75, 3.05) is 27.3 Å². The molecule has 112 valence electrons. The molecular formula is C14H23N3O3. The van der Waals surface area contributed by atoms with E-state index in [1.54, 1.807) is 7.11 Å². The second-order valence-electron chi connectivity index (χ2n) is 4.77. The van der Waals surface area contributed by atoms with Crippen LogP contribution in [-0.2, 0) is 4.74 Å². The molecule has 0 radical (unpaired) electrons. The molecule has 0 heterocycles. The molecule has 0 aliphatic carbocycles. The number of nitrogens with two attached hydrogens (primary N) is 1. The summed E-state index contributed by atoms with van der Waals surface area (Å²) in [5, 5.41) is 21.6.